The van der Waals surface area contributed by atoms with Gasteiger partial charge in [0.25, 0.3) is 5.91 Å². The van der Waals surface area contributed by atoms with Gasteiger partial charge in [-0.1, -0.05) is 6.07 Å². The Bertz CT molecular complexity index is 439. The Morgan fingerprint density at radius 1 is 1.35 bits per heavy atom. The van der Waals surface area contributed by atoms with Gasteiger partial charge in [-0.3, -0.25) is 4.79 Å². The predicted octanol–water partition coefficient (Wildman–Crippen LogP) is 1.94. The number of carbonyl (C=O) groups excluding carboxylic acids is 1. The molecule has 0 saturated carbocycles. The number of nitrogens with one attached hydrogen (secondary N) is 1. The zero-order chi connectivity index (χ0) is 13.2. The quantitative estimate of drug-likeness (QED) is 0.844. The first-order chi connectivity index (χ1) is 7.88. The Morgan fingerprint density at radius 3 is 2.41 bits per heavy atom. The third kappa shape index (κ3) is 2.77. The fraction of sp³-hybridized carbons (Fsp3) is 0.462. The van der Waals surface area contributed by atoms with Crippen LogP contribution in [0.2, 0.25) is 0 Å². The molecule has 2 N–H and O–H groups in total. The van der Waals surface area contributed by atoms with Gasteiger partial charge in [0.2, 0.25) is 0 Å². The Morgan fingerprint density at radius 2 is 1.94 bits per heavy atom. The Kier molecular flexibility index (Phi) is 4.12. The molecular weight excluding hydrogens is 218 g/mol. The molecule has 1 amide bonds. The average molecular weight is 237 g/mol. The molecule has 4 nitrogen and oxygen atoms in total. The highest BCUT2D eigenvalue weighted by Gasteiger charge is 2.16. The minimum atomic E-state index is -1.04. The summed E-state index contributed by atoms with van der Waals surface area (Å²) in [5.74, 6) is 0.214. The van der Waals surface area contributed by atoms with Crippen molar-refractivity contribution >= 4 is 11.6 Å². The van der Waals surface area contributed by atoms with Crippen LogP contribution in [0.5, 0.6) is 5.75 Å². The number of aliphatic hydroxyl groups is 1. The molecule has 0 radical (unpaired) electrons. The fourth-order valence-electron chi connectivity index (χ4n) is 1.69. The molecule has 1 aromatic carbocycles. The summed E-state index contributed by atoms with van der Waals surface area (Å²) in [6.45, 7) is 7.25. The first kappa shape index (κ1) is 13.5. The number of benzene rings is 1. The number of hydrogen-bond acceptors (Lipinski definition) is 3. The van der Waals surface area contributed by atoms with Crippen molar-refractivity contribution in [2.24, 2.45) is 0 Å². The molecule has 0 bridgehead atoms. The molecule has 0 fully saturated rings. The van der Waals surface area contributed by atoms with Crippen LogP contribution in [0.15, 0.2) is 6.07 Å². The number of anilines is 1. The second kappa shape index (κ2) is 5.19. The zero-order valence-corrected chi connectivity index (χ0v) is 10.9. The topological polar surface area (TPSA) is 58.6 Å². The van der Waals surface area contributed by atoms with Crippen molar-refractivity contribution in [2.45, 2.75) is 33.8 Å². The summed E-state index contributed by atoms with van der Waals surface area (Å²) >= 11 is 0. The van der Waals surface area contributed by atoms with E-state index in [1.807, 2.05) is 26.8 Å². The molecule has 0 spiro atoms. The third-order valence-corrected chi connectivity index (χ3v) is 2.82. The van der Waals surface area contributed by atoms with Crippen molar-refractivity contribution in [2.75, 3.05) is 12.4 Å². The van der Waals surface area contributed by atoms with Gasteiger partial charge < -0.3 is 15.2 Å². The molecule has 94 valence electrons. The van der Waals surface area contributed by atoms with Crippen LogP contribution in [0.4, 0.5) is 5.69 Å². The number of aliphatic hydroxyl groups excluding tert-OH is 1. The van der Waals surface area contributed by atoms with Crippen LogP contribution in [0.1, 0.15) is 23.6 Å². The fourth-order valence-corrected chi connectivity index (χ4v) is 1.69. The van der Waals surface area contributed by atoms with E-state index in [1.54, 1.807) is 7.11 Å². The summed E-state index contributed by atoms with van der Waals surface area (Å²) in [7, 11) is 1.57. The highest BCUT2D eigenvalue weighted by Crippen LogP contribution is 2.34. The van der Waals surface area contributed by atoms with Crippen molar-refractivity contribution in [1.82, 2.24) is 0 Å². The van der Waals surface area contributed by atoms with Crippen molar-refractivity contribution in [3.63, 3.8) is 0 Å². The van der Waals surface area contributed by atoms with Gasteiger partial charge in [0, 0.05) is 0 Å². The summed E-state index contributed by atoms with van der Waals surface area (Å²) < 4.78 is 5.32. The van der Waals surface area contributed by atoms with Crippen LogP contribution >= 0.6 is 0 Å². The maximum Gasteiger partial charge on any atom is 0.253 e. The van der Waals surface area contributed by atoms with Gasteiger partial charge in [-0.25, -0.2) is 0 Å². The maximum absolute atomic E-state index is 11.5. The van der Waals surface area contributed by atoms with E-state index in [-0.39, 0.29) is 0 Å². The average Bonchev–Trinajstić information content (AvgIpc) is 2.26. The molecule has 1 atom stereocenters. The summed E-state index contributed by atoms with van der Waals surface area (Å²) in [6.07, 6.45) is -1.04. The molecule has 1 aromatic rings. The smallest absolute Gasteiger partial charge is 0.253 e. The molecule has 0 aliphatic rings. The lowest BCUT2D eigenvalue weighted by atomic mass is 10.0. The van der Waals surface area contributed by atoms with Gasteiger partial charge in [0.05, 0.1) is 12.8 Å². The molecule has 1 unspecified atom stereocenters. The number of methoxy groups -OCH3 is 1. The van der Waals surface area contributed by atoms with Gasteiger partial charge in [0.1, 0.15) is 11.9 Å². The summed E-state index contributed by atoms with van der Waals surface area (Å²) in [5.41, 5.74) is 3.63. The molecule has 0 aliphatic heterocycles. The Hall–Kier alpha value is -1.55. The van der Waals surface area contributed by atoms with Crippen LogP contribution in [-0.2, 0) is 4.79 Å². The maximum atomic E-state index is 11.5. The van der Waals surface area contributed by atoms with E-state index in [1.165, 1.54) is 6.92 Å². The molecule has 4 heteroatoms. The monoisotopic (exact) mass is 237 g/mol. The standard InChI is InChI=1S/C13H19NO3/c1-7-6-8(2)11(12(17-5)9(7)3)14-13(16)10(4)15/h6,10,15H,1-5H3,(H,14,16). The highest BCUT2D eigenvalue weighted by molar-refractivity contribution is 5.96. The van der Waals surface area contributed by atoms with E-state index in [0.717, 1.165) is 16.7 Å². The number of ether oxygens (including phenoxy) is 1. The van der Waals surface area contributed by atoms with Crippen LogP contribution in [-0.4, -0.2) is 24.2 Å². The molecular formula is C13H19NO3. The summed E-state index contributed by atoms with van der Waals surface area (Å²) in [6, 6.07) is 1.98. The Balaban J connectivity index is 3.23. The minimum Gasteiger partial charge on any atom is -0.494 e. The second-order valence-electron chi connectivity index (χ2n) is 4.21. The first-order valence-corrected chi connectivity index (χ1v) is 5.52. The van der Waals surface area contributed by atoms with E-state index >= 15 is 0 Å². The molecule has 0 aromatic heterocycles. The van der Waals surface area contributed by atoms with Crippen LogP contribution in [0, 0.1) is 20.8 Å². The van der Waals surface area contributed by atoms with E-state index in [2.05, 4.69) is 5.32 Å². The van der Waals surface area contributed by atoms with E-state index in [9.17, 15) is 9.90 Å². The molecule has 17 heavy (non-hydrogen) atoms. The van der Waals surface area contributed by atoms with Crippen LogP contribution < -0.4 is 10.1 Å². The minimum absolute atomic E-state index is 0.436. The molecule has 1 rings (SSSR count). The summed E-state index contributed by atoms with van der Waals surface area (Å²) in [5, 5.41) is 11.9. The van der Waals surface area contributed by atoms with E-state index < -0.39 is 12.0 Å². The number of amides is 1. The first-order valence-electron chi connectivity index (χ1n) is 5.52. The van der Waals surface area contributed by atoms with Crippen molar-refractivity contribution in [1.29, 1.82) is 0 Å². The van der Waals surface area contributed by atoms with Crippen LogP contribution in [0.3, 0.4) is 0 Å². The van der Waals surface area contributed by atoms with Gasteiger partial charge >= 0.3 is 0 Å². The van der Waals surface area contributed by atoms with Gasteiger partial charge in [-0.05, 0) is 44.4 Å². The van der Waals surface area contributed by atoms with E-state index in [4.69, 9.17) is 4.74 Å². The van der Waals surface area contributed by atoms with Crippen LogP contribution in [0.25, 0.3) is 0 Å². The van der Waals surface area contributed by atoms with Gasteiger partial charge in [-0.2, -0.15) is 0 Å². The van der Waals surface area contributed by atoms with Crippen molar-refractivity contribution in [3.8, 4) is 5.75 Å². The lowest BCUT2D eigenvalue weighted by Gasteiger charge is -2.17. The SMILES string of the molecule is COc1c(C)c(C)cc(C)c1NC(=O)C(C)O. The summed E-state index contributed by atoms with van der Waals surface area (Å²) in [4.78, 5) is 11.5. The molecule has 0 aliphatic carbocycles. The third-order valence-electron chi connectivity index (χ3n) is 2.82. The lowest BCUT2D eigenvalue weighted by Crippen LogP contribution is -2.25. The number of aryl methyl sites for hydroxylation is 2. The highest BCUT2D eigenvalue weighted by atomic mass is 16.5. The van der Waals surface area contributed by atoms with Gasteiger partial charge in [0.15, 0.2) is 0 Å². The second-order valence-corrected chi connectivity index (χ2v) is 4.21. The largest absolute Gasteiger partial charge is 0.494 e. The van der Waals surface area contributed by atoms with E-state index in [0.29, 0.717) is 11.4 Å². The number of hydrogen-bond donors (Lipinski definition) is 2. The van der Waals surface area contributed by atoms with Crippen molar-refractivity contribution < 1.29 is 14.6 Å². The normalized spacial score (nSPS) is 12.1. The Labute approximate surface area is 102 Å². The van der Waals surface area contributed by atoms with Crippen molar-refractivity contribution in [3.05, 3.63) is 22.8 Å². The molecule has 0 heterocycles. The zero-order valence-electron chi connectivity index (χ0n) is 10.9. The molecule has 0 saturated heterocycles. The number of rotatable bonds is 3. The lowest BCUT2D eigenvalue weighted by molar-refractivity contribution is -0.123. The van der Waals surface area contributed by atoms with Gasteiger partial charge in [-0.15, -0.1) is 0 Å². The number of carbonyl (C=O) groups is 1. The predicted molar refractivity (Wildman–Crippen MR) is 67.5 cm³/mol.